The molecule has 0 aliphatic heterocycles. The molecule has 0 saturated carbocycles. The Morgan fingerprint density at radius 1 is 0.392 bits per heavy atom. The minimum Gasteiger partial charge on any atom is -0.455 e. The second-order valence-electron chi connectivity index (χ2n) is 12.5. The second kappa shape index (κ2) is 12.4. The molecule has 2 nitrogen and oxygen atoms in total. The number of halogens is 3. The Morgan fingerprint density at radius 3 is 1.45 bits per heavy atom. The van der Waals surface area contributed by atoms with Gasteiger partial charge >= 0.3 is 0 Å². The molecule has 9 rings (SSSR count). The Hall–Kier alpha value is -6.59. The van der Waals surface area contributed by atoms with Gasteiger partial charge in [-0.3, -0.25) is 0 Å². The molecule has 0 spiro atoms. The first-order valence-electron chi connectivity index (χ1n) is 16.7. The predicted molar refractivity (Wildman–Crippen MR) is 202 cm³/mol. The maximum absolute atomic E-state index is 14.6. The van der Waals surface area contributed by atoms with Crippen molar-refractivity contribution in [3.63, 3.8) is 0 Å². The zero-order chi connectivity index (χ0) is 34.5. The number of nitrogens with zero attached hydrogens (tertiary/aromatic N) is 1. The minimum atomic E-state index is -0.954. The molecule has 1 heterocycles. The van der Waals surface area contributed by atoms with Gasteiger partial charge in [0.15, 0.2) is 0 Å². The summed E-state index contributed by atoms with van der Waals surface area (Å²) in [5, 5.41) is 5.59. The topological polar surface area (TPSA) is 16.4 Å². The Morgan fingerprint density at radius 2 is 0.843 bits per heavy atom. The average molecular weight is 668 g/mol. The SMILES string of the molecule is Fc1cc(F)c(-c2ccc(N(c3ccccc3)c3ccc(-c4oc5c6ccccc6c6ccccc6c5c4-c4ccccc4)cc3)cc2)c(F)c1. The van der Waals surface area contributed by atoms with Gasteiger partial charge in [0.1, 0.15) is 28.8 Å². The molecule has 1 aromatic heterocycles. The maximum Gasteiger partial charge on any atom is 0.143 e. The van der Waals surface area contributed by atoms with Gasteiger partial charge in [0.25, 0.3) is 0 Å². The molecule has 0 saturated heterocycles. The van der Waals surface area contributed by atoms with Crippen LogP contribution in [-0.2, 0) is 0 Å². The lowest BCUT2D eigenvalue weighted by Crippen LogP contribution is -2.09. The molecular weight excluding hydrogens is 640 g/mol. The highest BCUT2D eigenvalue weighted by Gasteiger charge is 2.23. The van der Waals surface area contributed by atoms with Crippen LogP contribution in [0, 0.1) is 17.5 Å². The molecule has 8 aromatic carbocycles. The van der Waals surface area contributed by atoms with E-state index in [2.05, 4.69) is 71.6 Å². The molecule has 0 unspecified atom stereocenters. The normalized spacial score (nSPS) is 11.4. The van der Waals surface area contributed by atoms with Gasteiger partial charge in [-0.25, -0.2) is 13.2 Å². The van der Waals surface area contributed by atoms with Gasteiger partial charge in [-0.1, -0.05) is 109 Å². The van der Waals surface area contributed by atoms with Crippen LogP contribution in [0.4, 0.5) is 30.2 Å². The molecule has 0 amide bonds. The van der Waals surface area contributed by atoms with E-state index in [0.717, 1.165) is 66.6 Å². The fourth-order valence-corrected chi connectivity index (χ4v) is 7.19. The van der Waals surface area contributed by atoms with Crippen molar-refractivity contribution in [3.8, 4) is 33.6 Å². The third-order valence-electron chi connectivity index (χ3n) is 9.45. The van der Waals surface area contributed by atoms with Crippen LogP contribution in [0.3, 0.4) is 0 Å². The van der Waals surface area contributed by atoms with Crippen molar-refractivity contribution in [1.29, 1.82) is 0 Å². The van der Waals surface area contributed by atoms with Crippen LogP contribution in [0.15, 0.2) is 174 Å². The lowest BCUT2D eigenvalue weighted by molar-refractivity contribution is 0.548. The number of furan rings is 1. The largest absolute Gasteiger partial charge is 0.455 e. The van der Waals surface area contributed by atoms with E-state index in [4.69, 9.17) is 4.42 Å². The second-order valence-corrected chi connectivity index (χ2v) is 12.5. The number of rotatable bonds is 6. The van der Waals surface area contributed by atoms with E-state index in [1.54, 1.807) is 12.1 Å². The van der Waals surface area contributed by atoms with E-state index < -0.39 is 17.5 Å². The third-order valence-corrected chi connectivity index (χ3v) is 9.45. The minimum absolute atomic E-state index is 0.265. The van der Waals surface area contributed by atoms with Crippen molar-refractivity contribution in [3.05, 3.63) is 187 Å². The summed E-state index contributed by atoms with van der Waals surface area (Å²) in [5.41, 5.74) is 6.50. The third kappa shape index (κ3) is 5.22. The quantitative estimate of drug-likeness (QED) is 0.164. The maximum atomic E-state index is 14.6. The first-order valence-corrected chi connectivity index (χ1v) is 16.7. The highest BCUT2D eigenvalue weighted by Crippen LogP contribution is 2.47. The standard InChI is InChI=1S/C46H28F3NO/c47-32-27-40(48)42(41(49)28-32)30-19-23-34(24-20-30)50(33-13-5-2-6-14-33)35-25-21-31(22-26-35)45-43(29-11-3-1-4-12-29)44-38-17-9-7-15-36(38)37-16-8-10-18-39(37)46(44)51-45/h1-28H. The Balaban J connectivity index is 1.19. The number of benzene rings is 8. The molecule has 5 heteroatoms. The first kappa shape index (κ1) is 30.5. The van der Waals surface area contributed by atoms with Crippen molar-refractivity contribution in [2.24, 2.45) is 0 Å². The van der Waals surface area contributed by atoms with Gasteiger partial charge in [0.05, 0.1) is 5.56 Å². The van der Waals surface area contributed by atoms with Gasteiger partial charge < -0.3 is 9.32 Å². The van der Waals surface area contributed by atoms with Crippen LogP contribution in [0.1, 0.15) is 0 Å². The highest BCUT2D eigenvalue weighted by molar-refractivity contribution is 6.28. The van der Waals surface area contributed by atoms with Crippen LogP contribution in [0.5, 0.6) is 0 Å². The molecule has 0 N–H and O–H groups in total. The summed E-state index contributed by atoms with van der Waals surface area (Å²) >= 11 is 0. The van der Waals surface area contributed by atoms with Gasteiger partial charge in [0, 0.05) is 51.1 Å². The highest BCUT2D eigenvalue weighted by atomic mass is 19.1. The van der Waals surface area contributed by atoms with Crippen LogP contribution in [0.2, 0.25) is 0 Å². The van der Waals surface area contributed by atoms with Crippen LogP contribution in [-0.4, -0.2) is 0 Å². The van der Waals surface area contributed by atoms with Crippen molar-refractivity contribution in [2.75, 3.05) is 4.90 Å². The fraction of sp³-hybridized carbons (Fsp3) is 0. The molecule has 0 fully saturated rings. The lowest BCUT2D eigenvalue weighted by Gasteiger charge is -2.26. The lowest BCUT2D eigenvalue weighted by atomic mass is 9.92. The van der Waals surface area contributed by atoms with Crippen molar-refractivity contribution < 1.29 is 17.6 Å². The summed E-state index contributed by atoms with van der Waals surface area (Å²) in [4.78, 5) is 2.07. The van der Waals surface area contributed by atoms with Crippen LogP contribution < -0.4 is 4.90 Å². The fourth-order valence-electron chi connectivity index (χ4n) is 7.19. The molecule has 0 aliphatic carbocycles. The molecule has 0 atom stereocenters. The number of hydrogen-bond donors (Lipinski definition) is 0. The first-order chi connectivity index (χ1) is 25.0. The average Bonchev–Trinajstić information content (AvgIpc) is 3.58. The zero-order valence-corrected chi connectivity index (χ0v) is 27.2. The van der Waals surface area contributed by atoms with Crippen molar-refractivity contribution in [1.82, 2.24) is 0 Å². The molecule has 51 heavy (non-hydrogen) atoms. The molecule has 0 aliphatic rings. The van der Waals surface area contributed by atoms with E-state index in [-0.39, 0.29) is 5.56 Å². The molecule has 0 radical (unpaired) electrons. The van der Waals surface area contributed by atoms with E-state index in [0.29, 0.717) is 17.7 Å². The summed E-state index contributed by atoms with van der Waals surface area (Å²) < 4.78 is 49.8. The summed E-state index contributed by atoms with van der Waals surface area (Å²) in [6, 6.07) is 53.6. The Labute approximate surface area is 292 Å². The summed E-state index contributed by atoms with van der Waals surface area (Å²) in [5.74, 6) is -2.07. The van der Waals surface area contributed by atoms with E-state index in [1.807, 2.05) is 78.9 Å². The van der Waals surface area contributed by atoms with E-state index >= 15 is 0 Å². The van der Waals surface area contributed by atoms with E-state index in [9.17, 15) is 13.2 Å². The number of fused-ring (bicyclic) bond motifs is 6. The smallest absolute Gasteiger partial charge is 0.143 e. The van der Waals surface area contributed by atoms with Crippen LogP contribution >= 0.6 is 0 Å². The van der Waals surface area contributed by atoms with Crippen molar-refractivity contribution in [2.45, 2.75) is 0 Å². The van der Waals surface area contributed by atoms with Crippen molar-refractivity contribution >= 4 is 49.6 Å². The van der Waals surface area contributed by atoms with Gasteiger partial charge in [-0.15, -0.1) is 0 Å². The number of para-hydroxylation sites is 1. The van der Waals surface area contributed by atoms with Crippen LogP contribution in [0.25, 0.3) is 66.1 Å². The molecule has 0 bridgehead atoms. The summed E-state index contributed by atoms with van der Waals surface area (Å²) in [6.07, 6.45) is 0. The number of hydrogen-bond acceptors (Lipinski definition) is 2. The summed E-state index contributed by atoms with van der Waals surface area (Å²) in [7, 11) is 0. The molecule has 244 valence electrons. The summed E-state index contributed by atoms with van der Waals surface area (Å²) in [6.45, 7) is 0. The van der Waals surface area contributed by atoms with E-state index in [1.165, 1.54) is 5.39 Å². The molecular formula is C46H28F3NO. The monoisotopic (exact) mass is 667 g/mol. The number of anilines is 3. The molecule has 9 aromatic rings. The van der Waals surface area contributed by atoms with Gasteiger partial charge in [-0.05, 0) is 75.8 Å². The van der Waals surface area contributed by atoms with Gasteiger partial charge in [-0.2, -0.15) is 0 Å². The van der Waals surface area contributed by atoms with Gasteiger partial charge in [0.2, 0.25) is 0 Å². The predicted octanol–water partition coefficient (Wildman–Crippen LogP) is 13.6. The zero-order valence-electron chi connectivity index (χ0n) is 27.2. The Bertz CT molecular complexity index is 2680. The Kier molecular flexibility index (Phi) is 7.40.